The second-order valence-corrected chi connectivity index (χ2v) is 5.65. The number of carbonyl (C=O) groups excluding carboxylic acids is 1. The predicted octanol–water partition coefficient (Wildman–Crippen LogP) is 1.96. The van der Waals surface area contributed by atoms with Gasteiger partial charge in [-0.1, -0.05) is 48.5 Å². The van der Waals surface area contributed by atoms with Crippen molar-refractivity contribution in [3.8, 4) is 0 Å². The van der Waals surface area contributed by atoms with E-state index in [-0.39, 0.29) is 11.9 Å². The van der Waals surface area contributed by atoms with Crippen LogP contribution in [0.15, 0.2) is 48.5 Å². The molecule has 2 unspecified atom stereocenters. The van der Waals surface area contributed by atoms with Crippen LogP contribution < -0.4 is 5.73 Å². The zero-order valence-electron chi connectivity index (χ0n) is 11.3. The Bertz CT molecular complexity index is 711. The van der Waals surface area contributed by atoms with Crippen molar-refractivity contribution in [1.82, 2.24) is 4.90 Å². The number of likely N-dealkylation sites (N-methyl/N-ethyl adjacent to an activating group) is 1. The van der Waals surface area contributed by atoms with Crippen LogP contribution in [0.1, 0.15) is 28.3 Å². The van der Waals surface area contributed by atoms with Crippen molar-refractivity contribution < 1.29 is 4.79 Å². The Hall–Kier alpha value is -2.13. The molecular formula is C17H16N2O. The van der Waals surface area contributed by atoms with Crippen LogP contribution in [0.5, 0.6) is 0 Å². The summed E-state index contributed by atoms with van der Waals surface area (Å²) < 4.78 is 0. The largest absolute Gasteiger partial charge is 0.367 e. The first-order valence-electron chi connectivity index (χ1n) is 6.88. The number of nitrogens with two attached hydrogens (primary N) is 1. The molecule has 0 aromatic heterocycles. The van der Waals surface area contributed by atoms with Gasteiger partial charge in [-0.3, -0.25) is 9.69 Å². The van der Waals surface area contributed by atoms with E-state index < -0.39 is 5.54 Å². The Morgan fingerprint density at radius 1 is 1.15 bits per heavy atom. The van der Waals surface area contributed by atoms with Gasteiger partial charge in [0, 0.05) is 6.04 Å². The standard InChI is InChI=1S/C17H16N2O/c1-19-15-10-11-6-2-4-8-13(11)17(19,16(18)20)14-9-5-3-7-12(14)15/h2-9,15H,10H2,1H3,(H2,18,20). The maximum atomic E-state index is 12.5. The number of nitrogens with zero attached hydrogens (tertiary/aromatic N) is 1. The molecule has 2 heterocycles. The molecule has 1 amide bonds. The lowest BCUT2D eigenvalue weighted by Crippen LogP contribution is -2.54. The minimum atomic E-state index is -0.809. The van der Waals surface area contributed by atoms with Crippen molar-refractivity contribution in [3.63, 3.8) is 0 Å². The van der Waals surface area contributed by atoms with E-state index in [1.807, 2.05) is 43.4 Å². The molecule has 0 radical (unpaired) electrons. The number of carbonyl (C=O) groups is 1. The van der Waals surface area contributed by atoms with Crippen molar-refractivity contribution >= 4 is 5.91 Å². The minimum Gasteiger partial charge on any atom is -0.367 e. The lowest BCUT2D eigenvalue weighted by molar-refractivity contribution is -0.128. The van der Waals surface area contributed by atoms with E-state index >= 15 is 0 Å². The van der Waals surface area contributed by atoms with E-state index in [0.717, 1.165) is 17.5 Å². The second-order valence-electron chi connectivity index (χ2n) is 5.65. The Morgan fingerprint density at radius 2 is 1.80 bits per heavy atom. The Morgan fingerprint density at radius 3 is 2.55 bits per heavy atom. The van der Waals surface area contributed by atoms with Crippen molar-refractivity contribution in [2.45, 2.75) is 18.0 Å². The molecule has 2 N–H and O–H groups in total. The van der Waals surface area contributed by atoms with Gasteiger partial charge < -0.3 is 5.73 Å². The van der Waals surface area contributed by atoms with Crippen LogP contribution in [-0.2, 0) is 16.8 Å². The molecule has 2 aromatic carbocycles. The summed E-state index contributed by atoms with van der Waals surface area (Å²) in [5.41, 5.74) is 9.61. The smallest absolute Gasteiger partial charge is 0.247 e. The van der Waals surface area contributed by atoms with Gasteiger partial charge in [0.25, 0.3) is 0 Å². The number of primary amides is 1. The average Bonchev–Trinajstić information content (AvgIpc) is 2.63. The zero-order chi connectivity index (χ0) is 13.9. The fourth-order valence-electron chi connectivity index (χ4n) is 4.03. The Kier molecular flexibility index (Phi) is 2.16. The molecule has 2 bridgehead atoms. The highest BCUT2D eigenvalue weighted by Gasteiger charge is 2.57. The summed E-state index contributed by atoms with van der Waals surface area (Å²) in [6.07, 6.45) is 0.929. The summed E-state index contributed by atoms with van der Waals surface area (Å²) in [4.78, 5) is 14.6. The van der Waals surface area contributed by atoms with Gasteiger partial charge in [0.2, 0.25) is 5.91 Å². The average molecular weight is 264 g/mol. The minimum absolute atomic E-state index is 0.230. The van der Waals surface area contributed by atoms with E-state index in [2.05, 4.69) is 17.0 Å². The SMILES string of the molecule is CN1C2Cc3ccccc3C1(C(N)=O)c1ccccc12. The third-order valence-electron chi connectivity index (χ3n) is 4.88. The topological polar surface area (TPSA) is 46.3 Å². The first-order chi connectivity index (χ1) is 9.67. The number of fused-ring (bicyclic) bond motifs is 7. The molecule has 2 aliphatic rings. The first kappa shape index (κ1) is 11.7. The third kappa shape index (κ3) is 1.12. The van der Waals surface area contributed by atoms with E-state index in [4.69, 9.17) is 5.73 Å². The van der Waals surface area contributed by atoms with Gasteiger partial charge in [0.05, 0.1) is 0 Å². The van der Waals surface area contributed by atoms with E-state index in [9.17, 15) is 4.79 Å². The number of benzene rings is 2. The molecule has 3 nitrogen and oxygen atoms in total. The number of amides is 1. The van der Waals surface area contributed by atoms with Gasteiger partial charge in [-0.2, -0.15) is 0 Å². The fourth-order valence-corrected chi connectivity index (χ4v) is 4.03. The van der Waals surface area contributed by atoms with Crippen LogP contribution in [0, 0.1) is 0 Å². The van der Waals surface area contributed by atoms with Gasteiger partial charge in [0.15, 0.2) is 5.54 Å². The maximum absolute atomic E-state index is 12.5. The van der Waals surface area contributed by atoms with E-state index in [1.165, 1.54) is 11.1 Å². The highest BCUT2D eigenvalue weighted by molar-refractivity contribution is 5.93. The Labute approximate surface area is 118 Å². The highest BCUT2D eigenvalue weighted by atomic mass is 16.1. The molecule has 0 aliphatic carbocycles. The first-order valence-corrected chi connectivity index (χ1v) is 6.88. The van der Waals surface area contributed by atoms with E-state index in [0.29, 0.717) is 0 Å². The summed E-state index contributed by atoms with van der Waals surface area (Å²) in [6, 6.07) is 16.6. The van der Waals surface area contributed by atoms with Gasteiger partial charge in [-0.25, -0.2) is 0 Å². The van der Waals surface area contributed by atoms with Crippen molar-refractivity contribution in [2.75, 3.05) is 7.05 Å². The lowest BCUT2D eigenvalue weighted by atomic mass is 9.79. The normalized spacial score (nSPS) is 26.9. The van der Waals surface area contributed by atoms with Crippen LogP contribution in [0.3, 0.4) is 0 Å². The monoisotopic (exact) mass is 264 g/mol. The molecule has 0 fully saturated rings. The molecule has 3 heteroatoms. The van der Waals surface area contributed by atoms with Gasteiger partial charge in [-0.15, -0.1) is 0 Å². The molecular weight excluding hydrogens is 248 g/mol. The summed E-state index contributed by atoms with van der Waals surface area (Å²) in [6.45, 7) is 0. The quantitative estimate of drug-likeness (QED) is 0.856. The van der Waals surface area contributed by atoms with Gasteiger partial charge >= 0.3 is 0 Å². The van der Waals surface area contributed by atoms with E-state index in [1.54, 1.807) is 0 Å². The summed E-state index contributed by atoms with van der Waals surface area (Å²) in [5, 5.41) is 0. The number of rotatable bonds is 1. The molecule has 4 rings (SSSR count). The third-order valence-corrected chi connectivity index (χ3v) is 4.88. The summed E-state index contributed by atoms with van der Waals surface area (Å²) in [5.74, 6) is -0.290. The van der Waals surface area contributed by atoms with Crippen molar-refractivity contribution in [3.05, 3.63) is 70.8 Å². The Balaban J connectivity index is 2.14. The van der Waals surface area contributed by atoms with Crippen LogP contribution in [0.2, 0.25) is 0 Å². The molecule has 100 valence electrons. The van der Waals surface area contributed by atoms with Crippen molar-refractivity contribution in [1.29, 1.82) is 0 Å². The van der Waals surface area contributed by atoms with Crippen LogP contribution in [0.4, 0.5) is 0 Å². The molecule has 2 atom stereocenters. The molecule has 0 saturated heterocycles. The molecule has 2 aromatic rings. The maximum Gasteiger partial charge on any atom is 0.247 e. The summed E-state index contributed by atoms with van der Waals surface area (Å²) in [7, 11) is 2.01. The van der Waals surface area contributed by atoms with Gasteiger partial charge in [0.1, 0.15) is 0 Å². The molecule has 2 aliphatic heterocycles. The molecule has 0 saturated carbocycles. The number of hydrogen-bond acceptors (Lipinski definition) is 2. The van der Waals surface area contributed by atoms with Crippen molar-refractivity contribution in [2.24, 2.45) is 5.73 Å². The second kappa shape index (κ2) is 3.70. The fraction of sp³-hybridized carbons (Fsp3) is 0.235. The zero-order valence-corrected chi connectivity index (χ0v) is 11.3. The van der Waals surface area contributed by atoms with Crippen LogP contribution >= 0.6 is 0 Å². The number of hydrogen-bond donors (Lipinski definition) is 1. The van der Waals surface area contributed by atoms with Crippen LogP contribution in [-0.4, -0.2) is 17.9 Å². The van der Waals surface area contributed by atoms with Crippen LogP contribution in [0.25, 0.3) is 0 Å². The lowest BCUT2D eigenvalue weighted by Gasteiger charge is -2.42. The summed E-state index contributed by atoms with van der Waals surface area (Å²) >= 11 is 0. The predicted molar refractivity (Wildman–Crippen MR) is 77.1 cm³/mol. The van der Waals surface area contributed by atoms with Gasteiger partial charge in [-0.05, 0) is 35.7 Å². The highest BCUT2D eigenvalue weighted by Crippen LogP contribution is 2.54. The molecule has 20 heavy (non-hydrogen) atoms. The molecule has 0 spiro atoms.